The topological polar surface area (TPSA) is 48.8 Å². The Morgan fingerprint density at radius 2 is 1.08 bits per heavy atom. The Labute approximate surface area is 156 Å². The van der Waals surface area contributed by atoms with E-state index in [0.717, 1.165) is 74.7 Å². The molecule has 3 aliphatic rings. The molecule has 0 saturated heterocycles. The summed E-state index contributed by atoms with van der Waals surface area (Å²) in [4.78, 5) is 9.59. The molecule has 0 amide bonds. The SMILES string of the molecule is C1=CC=C2NCCCCNC3=CC=CC=CC3=NCCCCN=C2C=C1. The first kappa shape index (κ1) is 18.2. The monoisotopic (exact) mass is 348 g/mol. The number of nitrogens with zero attached hydrogens (tertiary/aromatic N) is 2. The average Bonchev–Trinajstić information content (AvgIpc) is 3.01. The number of hydrogen-bond donors (Lipinski definition) is 2. The maximum absolute atomic E-state index is 4.79. The molecule has 3 rings (SSSR count). The third-order valence-corrected chi connectivity index (χ3v) is 4.40. The van der Waals surface area contributed by atoms with Gasteiger partial charge in [0.2, 0.25) is 0 Å². The van der Waals surface area contributed by atoms with E-state index in [-0.39, 0.29) is 0 Å². The fourth-order valence-electron chi connectivity index (χ4n) is 2.97. The highest BCUT2D eigenvalue weighted by Crippen LogP contribution is 2.07. The van der Waals surface area contributed by atoms with Gasteiger partial charge in [-0.2, -0.15) is 0 Å². The first-order chi connectivity index (χ1) is 12.9. The maximum Gasteiger partial charge on any atom is 0.0805 e. The molecule has 26 heavy (non-hydrogen) atoms. The van der Waals surface area contributed by atoms with Crippen LogP contribution in [-0.2, 0) is 0 Å². The van der Waals surface area contributed by atoms with Gasteiger partial charge in [-0.25, -0.2) is 0 Å². The lowest BCUT2D eigenvalue weighted by atomic mass is 10.2. The fourth-order valence-corrected chi connectivity index (χ4v) is 2.97. The van der Waals surface area contributed by atoms with E-state index in [1.165, 1.54) is 0 Å². The highest BCUT2D eigenvalue weighted by Gasteiger charge is 2.07. The first-order valence-corrected chi connectivity index (χ1v) is 9.61. The molecule has 0 unspecified atom stereocenters. The Hall–Kier alpha value is -2.62. The third-order valence-electron chi connectivity index (χ3n) is 4.40. The minimum absolute atomic E-state index is 0.835. The van der Waals surface area contributed by atoms with E-state index in [4.69, 9.17) is 9.98 Å². The van der Waals surface area contributed by atoms with Crippen LogP contribution in [0, 0.1) is 0 Å². The number of hydrogen-bond acceptors (Lipinski definition) is 4. The number of nitrogens with one attached hydrogen (secondary N) is 2. The molecular formula is C22H28N4. The van der Waals surface area contributed by atoms with Crippen molar-refractivity contribution in [3.05, 3.63) is 72.2 Å². The van der Waals surface area contributed by atoms with Crippen molar-refractivity contribution >= 4 is 11.4 Å². The van der Waals surface area contributed by atoms with Crippen LogP contribution in [0.1, 0.15) is 25.7 Å². The van der Waals surface area contributed by atoms with Gasteiger partial charge in [0.05, 0.1) is 22.8 Å². The van der Waals surface area contributed by atoms with Gasteiger partial charge in [-0.05, 0) is 50.0 Å². The quantitative estimate of drug-likeness (QED) is 0.702. The zero-order valence-corrected chi connectivity index (χ0v) is 15.3. The molecule has 0 atom stereocenters. The summed E-state index contributed by atoms with van der Waals surface area (Å²) in [7, 11) is 0. The van der Waals surface area contributed by atoms with Gasteiger partial charge in [0, 0.05) is 26.2 Å². The maximum atomic E-state index is 4.79. The van der Waals surface area contributed by atoms with E-state index in [9.17, 15) is 0 Å². The number of rotatable bonds is 0. The summed E-state index contributed by atoms with van der Waals surface area (Å²) in [5, 5.41) is 7.10. The van der Waals surface area contributed by atoms with E-state index in [0.29, 0.717) is 0 Å². The van der Waals surface area contributed by atoms with Crippen molar-refractivity contribution in [3.63, 3.8) is 0 Å². The second-order valence-corrected chi connectivity index (χ2v) is 6.45. The van der Waals surface area contributed by atoms with E-state index < -0.39 is 0 Å². The molecule has 0 radical (unpaired) electrons. The van der Waals surface area contributed by atoms with Gasteiger partial charge in [0.15, 0.2) is 0 Å². The lowest BCUT2D eigenvalue weighted by Crippen LogP contribution is -2.24. The summed E-state index contributed by atoms with van der Waals surface area (Å²) < 4.78 is 0. The lowest BCUT2D eigenvalue weighted by Gasteiger charge is -2.13. The van der Waals surface area contributed by atoms with Gasteiger partial charge < -0.3 is 10.6 Å². The van der Waals surface area contributed by atoms with Crippen molar-refractivity contribution < 1.29 is 0 Å². The average molecular weight is 348 g/mol. The predicted molar refractivity (Wildman–Crippen MR) is 112 cm³/mol. The second kappa shape index (κ2) is 10.4. The molecule has 0 spiro atoms. The Kier molecular flexibility index (Phi) is 7.26. The smallest absolute Gasteiger partial charge is 0.0805 e. The molecule has 1 aliphatic heterocycles. The summed E-state index contributed by atoms with van der Waals surface area (Å²) in [5.41, 5.74) is 4.35. The molecule has 2 aliphatic carbocycles. The van der Waals surface area contributed by atoms with Crippen molar-refractivity contribution in [3.8, 4) is 0 Å². The van der Waals surface area contributed by atoms with Crippen LogP contribution in [0.5, 0.6) is 0 Å². The molecular weight excluding hydrogens is 320 g/mol. The largest absolute Gasteiger partial charge is 0.383 e. The third kappa shape index (κ3) is 5.73. The zero-order chi connectivity index (χ0) is 17.9. The molecule has 0 aromatic rings. The normalized spacial score (nSPS) is 21.5. The number of aliphatic imine (C=N–C) groups is 2. The number of fused-ring (bicyclic) bond motifs is 2. The van der Waals surface area contributed by atoms with Crippen LogP contribution < -0.4 is 10.6 Å². The standard InChI is InChI=1S/C22H28N4/c1-3-11-19-20(12-4-1)24-16-8-10-18-26-22-14-6-2-5-13-21(22)25-17-9-7-15-23-19/h1-6,11-14,23,25H,7-10,15-18H2. The Bertz CT molecular complexity index is 652. The highest BCUT2D eigenvalue weighted by molar-refractivity contribution is 6.09. The molecule has 4 heteroatoms. The minimum atomic E-state index is 0.835. The highest BCUT2D eigenvalue weighted by atomic mass is 14.9. The van der Waals surface area contributed by atoms with Crippen molar-refractivity contribution in [2.45, 2.75) is 25.7 Å². The molecule has 0 bridgehead atoms. The van der Waals surface area contributed by atoms with Crippen LogP contribution >= 0.6 is 0 Å². The molecule has 1 heterocycles. The summed E-state index contributed by atoms with van der Waals surface area (Å²) in [5.74, 6) is 0. The van der Waals surface area contributed by atoms with Crippen LogP contribution in [0.2, 0.25) is 0 Å². The van der Waals surface area contributed by atoms with Gasteiger partial charge in [-0.1, -0.05) is 36.5 Å². The molecule has 0 saturated carbocycles. The summed E-state index contributed by atoms with van der Waals surface area (Å²) in [6.07, 6.45) is 25.1. The van der Waals surface area contributed by atoms with Gasteiger partial charge in [-0.15, -0.1) is 0 Å². The van der Waals surface area contributed by atoms with Crippen molar-refractivity contribution in [1.82, 2.24) is 10.6 Å². The molecule has 136 valence electrons. The number of allylic oxidation sites excluding steroid dienone is 10. The van der Waals surface area contributed by atoms with E-state index in [1.54, 1.807) is 0 Å². The predicted octanol–water partition coefficient (Wildman–Crippen LogP) is 3.64. The molecule has 4 nitrogen and oxygen atoms in total. The lowest BCUT2D eigenvalue weighted by molar-refractivity contribution is 0.657. The Morgan fingerprint density at radius 1 is 0.577 bits per heavy atom. The summed E-state index contributed by atoms with van der Waals surface area (Å²) in [6.45, 7) is 3.58. The van der Waals surface area contributed by atoms with Crippen LogP contribution in [0.4, 0.5) is 0 Å². The van der Waals surface area contributed by atoms with Crippen molar-refractivity contribution in [2.24, 2.45) is 9.98 Å². The van der Waals surface area contributed by atoms with Crippen molar-refractivity contribution in [2.75, 3.05) is 26.2 Å². The summed E-state index contributed by atoms with van der Waals surface area (Å²) in [6, 6.07) is 0. The summed E-state index contributed by atoms with van der Waals surface area (Å²) >= 11 is 0. The molecule has 0 aromatic carbocycles. The van der Waals surface area contributed by atoms with Gasteiger partial charge >= 0.3 is 0 Å². The van der Waals surface area contributed by atoms with Gasteiger partial charge in [0.25, 0.3) is 0 Å². The second-order valence-electron chi connectivity index (χ2n) is 6.45. The zero-order valence-electron chi connectivity index (χ0n) is 15.3. The van der Waals surface area contributed by atoms with Gasteiger partial charge in [0.1, 0.15) is 0 Å². The molecule has 0 aromatic heterocycles. The van der Waals surface area contributed by atoms with Crippen LogP contribution in [-0.4, -0.2) is 37.6 Å². The molecule has 0 fully saturated rings. The van der Waals surface area contributed by atoms with Crippen molar-refractivity contribution in [1.29, 1.82) is 0 Å². The Balaban J connectivity index is 1.68. The van der Waals surface area contributed by atoms with E-state index >= 15 is 0 Å². The first-order valence-electron chi connectivity index (χ1n) is 9.61. The van der Waals surface area contributed by atoms with Crippen LogP contribution in [0.25, 0.3) is 0 Å². The van der Waals surface area contributed by atoms with Crippen LogP contribution in [0.3, 0.4) is 0 Å². The van der Waals surface area contributed by atoms with E-state index in [1.807, 2.05) is 12.2 Å². The Morgan fingerprint density at radius 3 is 1.58 bits per heavy atom. The van der Waals surface area contributed by atoms with Gasteiger partial charge in [-0.3, -0.25) is 9.98 Å². The fraction of sp³-hybridized carbons (Fsp3) is 0.364. The minimum Gasteiger partial charge on any atom is -0.383 e. The van der Waals surface area contributed by atoms with E-state index in [2.05, 4.69) is 59.2 Å². The molecule has 2 N–H and O–H groups in total. The van der Waals surface area contributed by atoms with Crippen LogP contribution in [0.15, 0.2) is 82.1 Å².